The third-order valence-electron chi connectivity index (χ3n) is 4.24. The average Bonchev–Trinajstić information content (AvgIpc) is 2.44. The van der Waals surface area contributed by atoms with Crippen molar-refractivity contribution in [3.05, 3.63) is 21.6 Å². The molecule has 1 N–H and O–H groups in total. The van der Waals surface area contributed by atoms with Crippen LogP contribution < -0.4 is 10.9 Å². The van der Waals surface area contributed by atoms with Crippen molar-refractivity contribution in [2.24, 2.45) is 17.8 Å². The first-order valence-corrected chi connectivity index (χ1v) is 8.34. The molecule has 5 heteroatoms. The van der Waals surface area contributed by atoms with Crippen molar-refractivity contribution in [2.45, 2.75) is 53.0 Å². The second kappa shape index (κ2) is 7.30. The van der Waals surface area contributed by atoms with E-state index < -0.39 is 0 Å². The first-order valence-electron chi connectivity index (χ1n) is 7.96. The van der Waals surface area contributed by atoms with Crippen molar-refractivity contribution >= 4 is 17.3 Å². The lowest BCUT2D eigenvalue weighted by atomic mass is 9.83. The Morgan fingerprint density at radius 1 is 1.38 bits per heavy atom. The van der Waals surface area contributed by atoms with Crippen LogP contribution in [-0.4, -0.2) is 16.3 Å². The molecular formula is C16H26ClN3O. The molecule has 0 aliphatic heterocycles. The van der Waals surface area contributed by atoms with Crippen LogP contribution in [-0.2, 0) is 6.54 Å². The summed E-state index contributed by atoms with van der Waals surface area (Å²) in [6.07, 6.45) is 6.79. The van der Waals surface area contributed by atoms with Crippen molar-refractivity contribution in [2.75, 3.05) is 11.9 Å². The van der Waals surface area contributed by atoms with Crippen LogP contribution in [0.2, 0.25) is 5.02 Å². The van der Waals surface area contributed by atoms with Gasteiger partial charge in [-0.3, -0.25) is 4.79 Å². The molecule has 1 heterocycles. The summed E-state index contributed by atoms with van der Waals surface area (Å²) in [4.78, 5) is 12.1. The number of anilines is 1. The normalized spacial score (nSPS) is 22.5. The molecule has 0 radical (unpaired) electrons. The molecular weight excluding hydrogens is 286 g/mol. The quantitative estimate of drug-likeness (QED) is 0.900. The van der Waals surface area contributed by atoms with Gasteiger partial charge in [0.25, 0.3) is 5.56 Å². The molecule has 21 heavy (non-hydrogen) atoms. The topological polar surface area (TPSA) is 46.9 Å². The Morgan fingerprint density at radius 3 is 2.67 bits per heavy atom. The molecule has 2 rings (SSSR count). The Labute approximate surface area is 131 Å². The standard InChI is InChI=1S/C16H26ClN3O/c1-11(2)10-20-16(21)15(17)14(9-19-20)18-8-13-6-4-12(3)5-7-13/h9,11-13,18H,4-8,10H2,1-3H3. The van der Waals surface area contributed by atoms with Gasteiger partial charge in [-0.05, 0) is 30.6 Å². The SMILES string of the molecule is CC(C)Cn1ncc(NCC2CCC(C)CC2)c(Cl)c1=O. The van der Waals surface area contributed by atoms with Gasteiger partial charge in [-0.25, -0.2) is 4.68 Å². The summed E-state index contributed by atoms with van der Waals surface area (Å²) in [5.41, 5.74) is 0.466. The predicted octanol–water partition coefficient (Wildman–Crippen LogP) is 3.79. The molecule has 0 bridgehead atoms. The summed E-state index contributed by atoms with van der Waals surface area (Å²) in [5, 5.41) is 7.78. The summed E-state index contributed by atoms with van der Waals surface area (Å²) >= 11 is 6.19. The zero-order chi connectivity index (χ0) is 15.4. The number of nitrogens with zero attached hydrogens (tertiary/aromatic N) is 2. The van der Waals surface area contributed by atoms with Crippen LogP contribution in [0.4, 0.5) is 5.69 Å². The van der Waals surface area contributed by atoms with E-state index in [9.17, 15) is 4.79 Å². The van der Waals surface area contributed by atoms with Gasteiger partial charge in [0.15, 0.2) is 0 Å². The molecule has 1 aliphatic rings. The number of halogens is 1. The minimum Gasteiger partial charge on any atom is -0.382 e. The van der Waals surface area contributed by atoms with E-state index in [2.05, 4.69) is 31.2 Å². The van der Waals surface area contributed by atoms with E-state index in [0.29, 0.717) is 24.1 Å². The number of nitrogens with one attached hydrogen (secondary N) is 1. The predicted molar refractivity (Wildman–Crippen MR) is 88.0 cm³/mol. The Kier molecular flexibility index (Phi) is 5.68. The third-order valence-corrected chi connectivity index (χ3v) is 4.60. The van der Waals surface area contributed by atoms with Gasteiger partial charge in [0.2, 0.25) is 0 Å². The fourth-order valence-electron chi connectivity index (χ4n) is 2.85. The molecule has 0 atom stereocenters. The van der Waals surface area contributed by atoms with Gasteiger partial charge in [0.05, 0.1) is 11.9 Å². The van der Waals surface area contributed by atoms with E-state index in [1.807, 2.05) is 0 Å². The van der Waals surface area contributed by atoms with Gasteiger partial charge in [-0.1, -0.05) is 45.2 Å². The number of hydrogen-bond acceptors (Lipinski definition) is 3. The van der Waals surface area contributed by atoms with E-state index in [-0.39, 0.29) is 10.6 Å². The van der Waals surface area contributed by atoms with Crippen molar-refractivity contribution in [1.29, 1.82) is 0 Å². The van der Waals surface area contributed by atoms with Crippen LogP contribution in [0.1, 0.15) is 46.5 Å². The molecule has 1 saturated carbocycles. The Hall–Kier alpha value is -1.03. The van der Waals surface area contributed by atoms with Crippen molar-refractivity contribution in [3.63, 3.8) is 0 Å². The first-order chi connectivity index (χ1) is 9.97. The van der Waals surface area contributed by atoms with Gasteiger partial charge in [0.1, 0.15) is 5.02 Å². The van der Waals surface area contributed by atoms with Gasteiger partial charge < -0.3 is 5.32 Å². The van der Waals surface area contributed by atoms with E-state index in [0.717, 1.165) is 12.5 Å². The molecule has 118 valence electrons. The van der Waals surface area contributed by atoms with Crippen LogP contribution >= 0.6 is 11.6 Å². The maximum absolute atomic E-state index is 12.1. The first kappa shape index (κ1) is 16.3. The molecule has 0 aromatic carbocycles. The average molecular weight is 312 g/mol. The smallest absolute Gasteiger partial charge is 0.287 e. The molecule has 1 aromatic rings. The van der Waals surface area contributed by atoms with Gasteiger partial charge in [-0.2, -0.15) is 5.10 Å². The van der Waals surface area contributed by atoms with E-state index >= 15 is 0 Å². The molecule has 1 aliphatic carbocycles. The van der Waals surface area contributed by atoms with Gasteiger partial charge >= 0.3 is 0 Å². The second-order valence-electron chi connectivity index (χ2n) is 6.76. The maximum atomic E-state index is 12.1. The lowest BCUT2D eigenvalue weighted by Gasteiger charge is -2.26. The van der Waals surface area contributed by atoms with Crippen LogP contribution in [0.5, 0.6) is 0 Å². The van der Waals surface area contributed by atoms with Crippen LogP contribution in [0.3, 0.4) is 0 Å². The number of rotatable bonds is 5. The Bertz CT molecular complexity index is 519. The minimum absolute atomic E-state index is 0.201. The lowest BCUT2D eigenvalue weighted by molar-refractivity contribution is 0.300. The highest BCUT2D eigenvalue weighted by atomic mass is 35.5. The zero-order valence-corrected chi connectivity index (χ0v) is 14.0. The maximum Gasteiger partial charge on any atom is 0.287 e. The summed E-state index contributed by atoms with van der Waals surface area (Å²) in [7, 11) is 0. The highest BCUT2D eigenvalue weighted by molar-refractivity contribution is 6.32. The van der Waals surface area contributed by atoms with E-state index in [4.69, 9.17) is 11.6 Å². The summed E-state index contributed by atoms with van der Waals surface area (Å²) in [5.74, 6) is 1.90. The minimum atomic E-state index is -0.201. The van der Waals surface area contributed by atoms with Crippen molar-refractivity contribution in [1.82, 2.24) is 9.78 Å². The number of hydrogen-bond donors (Lipinski definition) is 1. The molecule has 0 saturated heterocycles. The molecule has 1 fully saturated rings. The number of aromatic nitrogens is 2. The molecule has 4 nitrogen and oxygen atoms in total. The zero-order valence-electron chi connectivity index (χ0n) is 13.2. The Balaban J connectivity index is 1.98. The van der Waals surface area contributed by atoms with Crippen LogP contribution in [0, 0.1) is 17.8 Å². The molecule has 1 aromatic heterocycles. The van der Waals surface area contributed by atoms with Crippen LogP contribution in [0.25, 0.3) is 0 Å². The fraction of sp³-hybridized carbons (Fsp3) is 0.750. The van der Waals surface area contributed by atoms with Gasteiger partial charge in [-0.15, -0.1) is 0 Å². The third kappa shape index (κ3) is 4.47. The highest BCUT2D eigenvalue weighted by Crippen LogP contribution is 2.28. The largest absolute Gasteiger partial charge is 0.382 e. The lowest BCUT2D eigenvalue weighted by Crippen LogP contribution is -2.27. The summed E-state index contributed by atoms with van der Waals surface area (Å²) in [6, 6.07) is 0. The van der Waals surface area contributed by atoms with Crippen molar-refractivity contribution in [3.8, 4) is 0 Å². The van der Waals surface area contributed by atoms with Crippen LogP contribution in [0.15, 0.2) is 11.0 Å². The summed E-state index contributed by atoms with van der Waals surface area (Å²) < 4.78 is 1.44. The fourth-order valence-corrected chi connectivity index (χ4v) is 3.06. The monoisotopic (exact) mass is 311 g/mol. The Morgan fingerprint density at radius 2 is 2.05 bits per heavy atom. The highest BCUT2D eigenvalue weighted by Gasteiger charge is 2.18. The van der Waals surface area contributed by atoms with Gasteiger partial charge in [0, 0.05) is 13.1 Å². The molecule has 0 amide bonds. The van der Waals surface area contributed by atoms with E-state index in [1.165, 1.54) is 30.4 Å². The molecule has 0 spiro atoms. The molecule has 0 unspecified atom stereocenters. The summed E-state index contributed by atoms with van der Waals surface area (Å²) in [6.45, 7) is 7.90. The van der Waals surface area contributed by atoms with Crippen molar-refractivity contribution < 1.29 is 0 Å². The van der Waals surface area contributed by atoms with E-state index in [1.54, 1.807) is 6.20 Å². The second-order valence-corrected chi connectivity index (χ2v) is 7.14.